The number of fused-ring (bicyclic) bond motifs is 1. The van der Waals surface area contributed by atoms with Gasteiger partial charge in [0.1, 0.15) is 11.3 Å². The number of nitrogens with zero attached hydrogens (tertiary/aromatic N) is 4. The molecule has 2 atom stereocenters. The number of rotatable bonds is 6. The summed E-state index contributed by atoms with van der Waals surface area (Å²) >= 11 is 0. The molecular formula is C25H29FN6O3. The van der Waals surface area contributed by atoms with E-state index in [9.17, 15) is 4.79 Å². The minimum Gasteiger partial charge on any atom is -0.493 e. The first-order valence-electron chi connectivity index (χ1n) is 11.7. The van der Waals surface area contributed by atoms with Crippen LogP contribution in [0.1, 0.15) is 24.4 Å². The van der Waals surface area contributed by atoms with Crippen LogP contribution in [0, 0.1) is 5.82 Å². The number of nitrogens with two attached hydrogens (primary N) is 1. The summed E-state index contributed by atoms with van der Waals surface area (Å²) in [5.74, 6) is 0.105. The molecule has 5 rings (SSSR count). The fourth-order valence-corrected chi connectivity index (χ4v) is 4.74. The fourth-order valence-electron chi connectivity index (χ4n) is 4.74. The molecule has 184 valence electrons. The first-order valence-corrected chi connectivity index (χ1v) is 11.7. The van der Waals surface area contributed by atoms with Gasteiger partial charge in [-0.25, -0.2) is 9.37 Å². The SMILES string of the molecule is COc1cc2c(N)nc(N3CCN(C(=O)CC4CCN4)C[C@@H]3c3ccccc3)nc2c(F)c1OC. The lowest BCUT2D eigenvalue weighted by Gasteiger charge is -2.42. The molecule has 0 bridgehead atoms. The van der Waals surface area contributed by atoms with Gasteiger partial charge in [0, 0.05) is 37.5 Å². The van der Waals surface area contributed by atoms with Gasteiger partial charge in [-0.1, -0.05) is 30.3 Å². The Bertz CT molecular complexity index is 1240. The van der Waals surface area contributed by atoms with Crippen LogP contribution in [0.25, 0.3) is 10.9 Å². The summed E-state index contributed by atoms with van der Waals surface area (Å²) in [4.78, 5) is 26.0. The van der Waals surface area contributed by atoms with Crippen LogP contribution >= 0.6 is 0 Å². The third kappa shape index (κ3) is 4.29. The monoisotopic (exact) mass is 480 g/mol. The zero-order valence-corrected chi connectivity index (χ0v) is 19.8. The highest BCUT2D eigenvalue weighted by atomic mass is 19.1. The van der Waals surface area contributed by atoms with E-state index in [1.165, 1.54) is 14.2 Å². The van der Waals surface area contributed by atoms with Crippen LogP contribution in [0.5, 0.6) is 11.5 Å². The molecule has 3 N–H and O–H groups in total. The Morgan fingerprint density at radius 2 is 1.97 bits per heavy atom. The maximum Gasteiger partial charge on any atom is 0.228 e. The predicted octanol–water partition coefficient (Wildman–Crippen LogP) is 2.51. The number of amides is 1. The highest BCUT2D eigenvalue weighted by molar-refractivity contribution is 5.92. The molecule has 1 aromatic heterocycles. The van der Waals surface area contributed by atoms with Gasteiger partial charge in [-0.05, 0) is 24.6 Å². The number of methoxy groups -OCH3 is 2. The summed E-state index contributed by atoms with van der Waals surface area (Å²) in [6.45, 7) is 2.45. The third-order valence-corrected chi connectivity index (χ3v) is 6.81. The lowest BCUT2D eigenvalue weighted by atomic mass is 10.00. The Kier molecular flexibility index (Phi) is 6.29. The van der Waals surface area contributed by atoms with Crippen LogP contribution in [0.2, 0.25) is 0 Å². The van der Waals surface area contributed by atoms with Crippen LogP contribution in [0.4, 0.5) is 16.2 Å². The van der Waals surface area contributed by atoms with Gasteiger partial charge >= 0.3 is 0 Å². The molecule has 0 aliphatic carbocycles. The molecule has 2 fully saturated rings. The van der Waals surface area contributed by atoms with Crippen LogP contribution in [-0.4, -0.2) is 67.2 Å². The molecule has 0 radical (unpaired) electrons. The number of carbonyl (C=O) groups excluding carboxylic acids is 1. The van der Waals surface area contributed by atoms with E-state index in [0.717, 1.165) is 18.5 Å². The molecule has 35 heavy (non-hydrogen) atoms. The van der Waals surface area contributed by atoms with E-state index in [4.69, 9.17) is 15.2 Å². The number of ether oxygens (including phenoxy) is 2. The van der Waals surface area contributed by atoms with Gasteiger partial charge in [0.2, 0.25) is 11.9 Å². The number of hydrogen-bond acceptors (Lipinski definition) is 8. The molecule has 0 spiro atoms. The first-order chi connectivity index (χ1) is 17.0. The topological polar surface area (TPSA) is 106 Å². The average molecular weight is 481 g/mol. The zero-order valence-electron chi connectivity index (χ0n) is 19.8. The van der Waals surface area contributed by atoms with Crippen molar-refractivity contribution in [1.29, 1.82) is 0 Å². The molecule has 10 heteroatoms. The first kappa shape index (κ1) is 23.1. The summed E-state index contributed by atoms with van der Waals surface area (Å²) in [6.07, 6.45) is 1.52. The second-order valence-corrected chi connectivity index (χ2v) is 8.83. The smallest absolute Gasteiger partial charge is 0.228 e. The molecule has 2 aliphatic heterocycles. The number of nitrogen functional groups attached to an aromatic ring is 1. The second-order valence-electron chi connectivity index (χ2n) is 8.83. The minimum atomic E-state index is -0.657. The van der Waals surface area contributed by atoms with E-state index in [-0.39, 0.29) is 40.8 Å². The maximum atomic E-state index is 15.4. The summed E-state index contributed by atoms with van der Waals surface area (Å²) < 4.78 is 25.8. The van der Waals surface area contributed by atoms with Crippen molar-refractivity contribution in [2.24, 2.45) is 0 Å². The Hall–Kier alpha value is -3.66. The Balaban J connectivity index is 1.52. The van der Waals surface area contributed by atoms with Gasteiger partial charge in [0.05, 0.1) is 20.3 Å². The predicted molar refractivity (Wildman–Crippen MR) is 131 cm³/mol. The van der Waals surface area contributed by atoms with Crippen molar-refractivity contribution in [1.82, 2.24) is 20.2 Å². The minimum absolute atomic E-state index is 0.0383. The van der Waals surface area contributed by atoms with Crippen molar-refractivity contribution in [3.8, 4) is 11.5 Å². The molecule has 1 unspecified atom stereocenters. The molecule has 2 aliphatic rings. The van der Waals surface area contributed by atoms with E-state index in [1.54, 1.807) is 6.07 Å². The summed E-state index contributed by atoms with van der Waals surface area (Å²) in [7, 11) is 2.81. The normalized spacial score (nSPS) is 20.0. The lowest BCUT2D eigenvalue weighted by molar-refractivity contribution is -0.133. The van der Waals surface area contributed by atoms with Crippen molar-refractivity contribution in [3.63, 3.8) is 0 Å². The summed E-state index contributed by atoms with van der Waals surface area (Å²) in [5, 5.41) is 3.64. The number of hydrogen-bond donors (Lipinski definition) is 2. The molecule has 0 saturated carbocycles. The van der Waals surface area contributed by atoms with Gasteiger partial charge in [0.15, 0.2) is 17.3 Å². The molecule has 9 nitrogen and oxygen atoms in total. The Morgan fingerprint density at radius 1 is 1.20 bits per heavy atom. The average Bonchev–Trinajstić information content (AvgIpc) is 2.86. The highest BCUT2D eigenvalue weighted by Gasteiger charge is 2.34. The maximum absolute atomic E-state index is 15.4. The fraction of sp³-hybridized carbons (Fsp3) is 0.400. The quantitative estimate of drug-likeness (QED) is 0.555. The number of benzene rings is 2. The Morgan fingerprint density at radius 3 is 2.63 bits per heavy atom. The van der Waals surface area contributed by atoms with E-state index in [2.05, 4.69) is 15.3 Å². The number of halogens is 1. The van der Waals surface area contributed by atoms with Gasteiger partial charge in [-0.2, -0.15) is 4.98 Å². The largest absolute Gasteiger partial charge is 0.493 e. The number of piperazine rings is 1. The lowest BCUT2D eigenvalue weighted by Crippen LogP contribution is -2.53. The van der Waals surface area contributed by atoms with Gasteiger partial charge in [0.25, 0.3) is 0 Å². The van der Waals surface area contributed by atoms with E-state index in [0.29, 0.717) is 37.4 Å². The number of anilines is 2. The van der Waals surface area contributed by atoms with E-state index < -0.39 is 5.82 Å². The van der Waals surface area contributed by atoms with Crippen molar-refractivity contribution in [2.75, 3.05) is 51.0 Å². The van der Waals surface area contributed by atoms with Crippen molar-refractivity contribution in [3.05, 3.63) is 47.8 Å². The summed E-state index contributed by atoms with van der Waals surface area (Å²) in [6, 6.07) is 11.5. The van der Waals surface area contributed by atoms with Crippen LogP contribution in [0.3, 0.4) is 0 Å². The molecule has 3 heterocycles. The molecular weight excluding hydrogens is 451 g/mol. The standard InChI is InChI=1S/C25H29FN6O3/c1-34-19-13-17-22(21(26)23(19)35-2)29-25(30-24(17)27)32-11-10-31(20(33)12-16-8-9-28-16)14-18(32)15-6-4-3-5-7-15/h3-7,13,16,18,28H,8-12,14H2,1-2H3,(H2,27,29,30)/t16?,18-/m1/s1. The van der Waals surface area contributed by atoms with Gasteiger partial charge < -0.3 is 30.3 Å². The van der Waals surface area contributed by atoms with Crippen LogP contribution in [0.15, 0.2) is 36.4 Å². The Labute approximate surface area is 203 Å². The zero-order chi connectivity index (χ0) is 24.5. The molecule has 3 aromatic rings. The third-order valence-electron chi connectivity index (χ3n) is 6.81. The van der Waals surface area contributed by atoms with Gasteiger partial charge in [-0.15, -0.1) is 0 Å². The number of aromatic nitrogens is 2. The van der Waals surface area contributed by atoms with Gasteiger partial charge in [-0.3, -0.25) is 4.79 Å². The van der Waals surface area contributed by atoms with Crippen LogP contribution in [-0.2, 0) is 4.79 Å². The van der Waals surface area contributed by atoms with Crippen molar-refractivity contribution >= 4 is 28.6 Å². The summed E-state index contributed by atoms with van der Waals surface area (Å²) in [5.41, 5.74) is 7.35. The van der Waals surface area contributed by atoms with E-state index >= 15 is 4.39 Å². The molecule has 2 saturated heterocycles. The highest BCUT2D eigenvalue weighted by Crippen LogP contribution is 2.38. The van der Waals surface area contributed by atoms with Crippen molar-refractivity contribution in [2.45, 2.75) is 24.9 Å². The van der Waals surface area contributed by atoms with Crippen molar-refractivity contribution < 1.29 is 18.7 Å². The molecule has 2 aromatic carbocycles. The second kappa shape index (κ2) is 9.53. The molecule has 1 amide bonds. The number of carbonyl (C=O) groups is 1. The number of nitrogens with one attached hydrogen (secondary N) is 1. The van der Waals surface area contributed by atoms with Crippen LogP contribution < -0.4 is 25.4 Å². The van der Waals surface area contributed by atoms with E-state index in [1.807, 2.05) is 40.1 Å².